The van der Waals surface area contributed by atoms with Gasteiger partial charge in [-0.1, -0.05) is 43.3 Å². The van der Waals surface area contributed by atoms with Gasteiger partial charge in [-0.25, -0.2) is 4.98 Å². The molecule has 3 amide bonds. The van der Waals surface area contributed by atoms with E-state index in [-0.39, 0.29) is 40.1 Å². The van der Waals surface area contributed by atoms with Crippen LogP contribution < -0.4 is 10.5 Å². The van der Waals surface area contributed by atoms with E-state index in [9.17, 15) is 32.3 Å². The number of likely N-dealkylation sites (tertiary alicyclic amines) is 2. The number of aromatic nitrogens is 3. The molecule has 4 aliphatic rings. The van der Waals surface area contributed by atoms with E-state index in [2.05, 4.69) is 29.7 Å². The highest BCUT2D eigenvalue weighted by molar-refractivity contribution is 6.08. The van der Waals surface area contributed by atoms with E-state index >= 15 is 0 Å². The molecule has 370 valence electrons. The largest absolute Gasteiger partial charge is 0.417 e. The van der Waals surface area contributed by atoms with Crippen LogP contribution in [0.3, 0.4) is 0 Å². The highest BCUT2D eigenvalue weighted by Gasteiger charge is 2.34. The molecule has 4 saturated heterocycles. The number of fused-ring (bicyclic) bond motifs is 2. The third-order valence-electron chi connectivity index (χ3n) is 15.3. The average Bonchev–Trinajstić information content (AvgIpc) is 3.40. The Bertz CT molecular complexity index is 2950. The third-order valence-corrected chi connectivity index (χ3v) is 15.3. The van der Waals surface area contributed by atoms with Gasteiger partial charge in [-0.2, -0.15) is 13.2 Å². The van der Waals surface area contributed by atoms with Crippen molar-refractivity contribution in [2.24, 2.45) is 5.92 Å². The molecule has 6 aromatic rings. The monoisotopic (exact) mass is 967 g/mol. The van der Waals surface area contributed by atoms with Crippen LogP contribution in [0.5, 0.6) is 0 Å². The summed E-state index contributed by atoms with van der Waals surface area (Å²) in [5.41, 5.74) is 6.11. The van der Waals surface area contributed by atoms with E-state index in [1.54, 1.807) is 17.0 Å². The van der Waals surface area contributed by atoms with Crippen molar-refractivity contribution in [2.75, 3.05) is 90.0 Å². The van der Waals surface area contributed by atoms with E-state index in [0.29, 0.717) is 68.3 Å². The van der Waals surface area contributed by atoms with Crippen LogP contribution in [-0.4, -0.2) is 142 Å². The Morgan fingerprint density at radius 2 is 1.32 bits per heavy atom. The molecule has 10 rings (SSSR count). The lowest BCUT2D eigenvalue weighted by Crippen LogP contribution is -2.51. The van der Waals surface area contributed by atoms with Crippen LogP contribution in [0, 0.1) is 5.92 Å². The number of carbonyl (C=O) groups excluding carboxylic acids is 3. The second kappa shape index (κ2) is 20.6. The fraction of sp³-hybridized carbons (Fsp3) is 0.418. The first-order valence-corrected chi connectivity index (χ1v) is 25.1. The van der Waals surface area contributed by atoms with Gasteiger partial charge in [-0.3, -0.25) is 34.0 Å². The first kappa shape index (κ1) is 48.0. The number of piperidine rings is 2. The maximum Gasteiger partial charge on any atom is 0.417 e. The molecule has 4 fully saturated rings. The van der Waals surface area contributed by atoms with Gasteiger partial charge in [-0.05, 0) is 114 Å². The third kappa shape index (κ3) is 10.5. The molecule has 0 spiro atoms. The van der Waals surface area contributed by atoms with Crippen molar-refractivity contribution in [3.8, 4) is 0 Å². The molecular formula is C55H60F3N9O4. The summed E-state index contributed by atoms with van der Waals surface area (Å²) in [6.07, 6.45) is 3.18. The topological polar surface area (TPSA) is 129 Å². The predicted octanol–water partition coefficient (Wildman–Crippen LogP) is 7.70. The standard InChI is InChI=1S/C55H60F3N9O4/c1-2-39-32-49-50(61-51(39)68)31-38(33-59-49)36-63-23-27-64(28-24-63)43-13-14-48(60-34-43)54(71)67-29-25-62(26-30-67)35-37-15-19-65(20-16-37)52(69)42-11-9-40(10-12-42)41-17-21-66(22-18-41)53(70)46-7-3-6-45-44(46)5-4-8-47(45)55(56,57)58/h3-14,31-34,37,41H,2,15-30,35-36H2,1H3,(H,61,68). The first-order valence-electron chi connectivity index (χ1n) is 25.1. The van der Waals surface area contributed by atoms with Crippen LogP contribution in [0.1, 0.15) is 92.0 Å². The highest BCUT2D eigenvalue weighted by Crippen LogP contribution is 2.37. The molecule has 7 heterocycles. The number of rotatable bonds is 10. The number of pyridine rings is 3. The van der Waals surface area contributed by atoms with Gasteiger partial charge >= 0.3 is 6.18 Å². The summed E-state index contributed by atoms with van der Waals surface area (Å²) in [5, 5.41) is 0.336. The fourth-order valence-electron chi connectivity index (χ4n) is 11.0. The molecule has 3 aromatic heterocycles. The summed E-state index contributed by atoms with van der Waals surface area (Å²) in [6, 6.07) is 24.1. The number of carbonyl (C=O) groups is 3. The van der Waals surface area contributed by atoms with Gasteiger partial charge in [0.15, 0.2) is 0 Å². The van der Waals surface area contributed by atoms with Gasteiger partial charge < -0.3 is 24.6 Å². The Balaban J connectivity index is 0.630. The van der Waals surface area contributed by atoms with Gasteiger partial charge in [0.2, 0.25) is 0 Å². The van der Waals surface area contributed by atoms with Gasteiger partial charge in [0.25, 0.3) is 23.3 Å². The van der Waals surface area contributed by atoms with Crippen molar-refractivity contribution in [2.45, 2.75) is 57.7 Å². The molecule has 71 heavy (non-hydrogen) atoms. The second-order valence-electron chi connectivity index (χ2n) is 19.6. The molecule has 0 atom stereocenters. The SMILES string of the molecule is CCc1cc2ncc(CN3CCN(c4ccc(C(=O)N5CCN(CC6CCN(C(=O)c7ccc(C8CCN(C(=O)c9cccc%10c(C(F)(F)F)cccc9%10)CC8)cc7)CC6)CC5)nc4)CC3)cc2[nH]c1=O. The number of piperazine rings is 2. The summed E-state index contributed by atoms with van der Waals surface area (Å²) in [5.74, 6) is 0.428. The maximum atomic E-state index is 13.7. The van der Waals surface area contributed by atoms with Gasteiger partial charge in [0, 0.05) is 115 Å². The number of amides is 3. The van der Waals surface area contributed by atoms with Crippen LogP contribution in [0.15, 0.2) is 102 Å². The summed E-state index contributed by atoms with van der Waals surface area (Å²) in [6.45, 7) is 12.4. The van der Waals surface area contributed by atoms with E-state index in [4.69, 9.17) is 0 Å². The van der Waals surface area contributed by atoms with Crippen molar-refractivity contribution < 1.29 is 27.6 Å². The zero-order valence-corrected chi connectivity index (χ0v) is 40.2. The maximum absolute atomic E-state index is 13.7. The number of nitrogens with zero attached hydrogens (tertiary/aromatic N) is 8. The molecule has 0 aliphatic carbocycles. The van der Waals surface area contributed by atoms with Crippen LogP contribution in [0.4, 0.5) is 18.9 Å². The molecule has 16 heteroatoms. The average molecular weight is 968 g/mol. The number of hydrogen-bond donors (Lipinski definition) is 1. The number of alkyl halides is 3. The van der Waals surface area contributed by atoms with E-state index in [1.165, 1.54) is 18.2 Å². The Morgan fingerprint density at radius 1 is 0.662 bits per heavy atom. The number of aryl methyl sites for hydroxylation is 1. The van der Waals surface area contributed by atoms with Crippen molar-refractivity contribution in [3.63, 3.8) is 0 Å². The highest BCUT2D eigenvalue weighted by atomic mass is 19.4. The molecule has 0 bridgehead atoms. The minimum atomic E-state index is -4.51. The van der Waals surface area contributed by atoms with Crippen LogP contribution in [0.25, 0.3) is 21.8 Å². The van der Waals surface area contributed by atoms with Gasteiger partial charge in [0.1, 0.15) is 5.69 Å². The normalized spacial score (nSPS) is 18.1. The quantitative estimate of drug-likeness (QED) is 0.147. The lowest BCUT2D eigenvalue weighted by Gasteiger charge is -2.39. The minimum Gasteiger partial charge on any atom is -0.368 e. The van der Waals surface area contributed by atoms with E-state index in [0.717, 1.165) is 118 Å². The second-order valence-corrected chi connectivity index (χ2v) is 19.6. The van der Waals surface area contributed by atoms with Crippen molar-refractivity contribution in [1.29, 1.82) is 0 Å². The van der Waals surface area contributed by atoms with Crippen LogP contribution in [0.2, 0.25) is 0 Å². The zero-order valence-electron chi connectivity index (χ0n) is 40.2. The van der Waals surface area contributed by atoms with Gasteiger partial charge in [-0.15, -0.1) is 0 Å². The number of nitrogens with one attached hydrogen (secondary N) is 1. The van der Waals surface area contributed by atoms with Crippen LogP contribution in [-0.2, 0) is 19.1 Å². The molecule has 1 N–H and O–H groups in total. The number of aromatic amines is 1. The minimum absolute atomic E-state index is 0.0282. The lowest BCUT2D eigenvalue weighted by molar-refractivity contribution is -0.136. The first-order chi connectivity index (χ1) is 34.4. The number of halogens is 3. The van der Waals surface area contributed by atoms with Crippen molar-refractivity contribution in [3.05, 3.63) is 147 Å². The van der Waals surface area contributed by atoms with E-state index < -0.39 is 11.7 Å². The van der Waals surface area contributed by atoms with Crippen molar-refractivity contribution >= 4 is 45.2 Å². The fourth-order valence-corrected chi connectivity index (χ4v) is 11.0. The molecule has 0 unspecified atom stereocenters. The van der Waals surface area contributed by atoms with Crippen molar-refractivity contribution in [1.82, 2.24) is 39.5 Å². The summed E-state index contributed by atoms with van der Waals surface area (Å²) >= 11 is 0. The smallest absolute Gasteiger partial charge is 0.368 e. The predicted molar refractivity (Wildman–Crippen MR) is 268 cm³/mol. The lowest BCUT2D eigenvalue weighted by atomic mass is 9.88. The Morgan fingerprint density at radius 3 is 2.01 bits per heavy atom. The summed E-state index contributed by atoms with van der Waals surface area (Å²) in [7, 11) is 0. The molecule has 4 aliphatic heterocycles. The molecule has 13 nitrogen and oxygen atoms in total. The molecular weight excluding hydrogens is 908 g/mol. The number of hydrogen-bond acceptors (Lipinski definition) is 9. The Labute approximate surface area is 411 Å². The molecule has 0 radical (unpaired) electrons. The number of H-pyrrole nitrogens is 1. The van der Waals surface area contributed by atoms with Gasteiger partial charge in [0.05, 0.1) is 28.5 Å². The van der Waals surface area contributed by atoms with Crippen LogP contribution >= 0.6 is 0 Å². The Kier molecular flexibility index (Phi) is 13.9. The summed E-state index contributed by atoms with van der Waals surface area (Å²) < 4.78 is 41.1. The number of anilines is 1. The zero-order chi connectivity index (χ0) is 49.2. The molecule has 3 aromatic carbocycles. The summed E-state index contributed by atoms with van der Waals surface area (Å²) in [4.78, 5) is 77.9. The van der Waals surface area contributed by atoms with E-state index in [1.807, 2.05) is 77.6 Å². The molecule has 0 saturated carbocycles. The Hall–Kier alpha value is -6.65. The number of benzene rings is 3.